The van der Waals surface area contributed by atoms with Crippen LogP contribution in [-0.2, 0) is 6.54 Å². The average molecular weight is 310 g/mol. The Morgan fingerprint density at radius 2 is 1.82 bits per heavy atom. The highest BCUT2D eigenvalue weighted by Crippen LogP contribution is 2.21. The molecule has 0 saturated heterocycles. The quantitative estimate of drug-likeness (QED) is 0.526. The van der Waals surface area contributed by atoms with Crippen molar-refractivity contribution in [2.75, 3.05) is 19.0 Å². The molecular formula is C18H20N3S+. The van der Waals surface area contributed by atoms with E-state index in [1.54, 1.807) is 11.3 Å². The summed E-state index contributed by atoms with van der Waals surface area (Å²) < 4.78 is 3.60. The normalized spacial score (nSPS) is 11.4. The fraction of sp³-hybridized carbons (Fsp3) is 0.222. The van der Waals surface area contributed by atoms with Crippen molar-refractivity contribution in [3.8, 4) is 0 Å². The third-order valence-corrected chi connectivity index (χ3v) is 4.74. The molecule has 0 fully saturated rings. The Hall–Kier alpha value is -2.20. The smallest absolute Gasteiger partial charge is 0.281 e. The highest BCUT2D eigenvalue weighted by Gasteiger charge is 2.16. The molecule has 0 radical (unpaired) electrons. The highest BCUT2D eigenvalue weighted by atomic mass is 32.1. The molecule has 0 bridgehead atoms. The molecule has 2 aromatic carbocycles. The van der Waals surface area contributed by atoms with Gasteiger partial charge in [-0.3, -0.25) is 0 Å². The van der Waals surface area contributed by atoms with Crippen molar-refractivity contribution in [3.05, 3.63) is 53.5 Å². The van der Waals surface area contributed by atoms with E-state index in [2.05, 4.69) is 69.9 Å². The van der Waals surface area contributed by atoms with Crippen LogP contribution in [0.5, 0.6) is 0 Å². The van der Waals surface area contributed by atoms with Gasteiger partial charge in [-0.25, -0.2) is 4.99 Å². The minimum Gasteiger partial charge on any atom is -0.378 e. The van der Waals surface area contributed by atoms with Gasteiger partial charge in [-0.2, -0.15) is 4.57 Å². The van der Waals surface area contributed by atoms with Crippen LogP contribution in [0.25, 0.3) is 10.2 Å². The van der Waals surface area contributed by atoms with Crippen molar-refractivity contribution >= 4 is 39.1 Å². The molecule has 1 aromatic heterocycles. The van der Waals surface area contributed by atoms with Gasteiger partial charge < -0.3 is 4.90 Å². The lowest BCUT2D eigenvalue weighted by Gasteiger charge is -2.11. The van der Waals surface area contributed by atoms with Crippen molar-refractivity contribution in [3.63, 3.8) is 0 Å². The summed E-state index contributed by atoms with van der Waals surface area (Å²) in [4.78, 5) is 6.71. The van der Waals surface area contributed by atoms with E-state index >= 15 is 0 Å². The average Bonchev–Trinajstić information content (AvgIpc) is 2.90. The number of fused-ring (bicyclic) bond motifs is 1. The first-order chi connectivity index (χ1) is 10.7. The van der Waals surface area contributed by atoms with Gasteiger partial charge in [0.1, 0.15) is 17.5 Å². The van der Waals surface area contributed by atoms with E-state index in [0.717, 1.165) is 12.2 Å². The summed E-state index contributed by atoms with van der Waals surface area (Å²) in [5, 5.41) is 1.18. The lowest BCUT2D eigenvalue weighted by molar-refractivity contribution is -0.664. The maximum Gasteiger partial charge on any atom is 0.281 e. The van der Waals surface area contributed by atoms with Gasteiger partial charge >= 0.3 is 0 Å². The fourth-order valence-electron chi connectivity index (χ4n) is 2.44. The molecule has 0 amide bonds. The molecular weight excluding hydrogens is 290 g/mol. The number of aryl methyl sites for hydroxylation is 1. The summed E-state index contributed by atoms with van der Waals surface area (Å²) in [5.74, 6) is 0. The lowest BCUT2D eigenvalue weighted by atomic mass is 10.3. The Morgan fingerprint density at radius 1 is 1.09 bits per heavy atom. The Labute approximate surface area is 135 Å². The van der Waals surface area contributed by atoms with Crippen LogP contribution < -0.4 is 9.47 Å². The zero-order valence-electron chi connectivity index (χ0n) is 13.2. The monoisotopic (exact) mass is 310 g/mol. The molecule has 0 saturated carbocycles. The number of thiazole rings is 1. The second-order valence-corrected chi connectivity index (χ2v) is 6.38. The molecule has 0 aliphatic rings. The Morgan fingerprint density at radius 3 is 2.50 bits per heavy atom. The van der Waals surface area contributed by atoms with Gasteiger partial charge in [-0.1, -0.05) is 23.5 Å². The van der Waals surface area contributed by atoms with E-state index in [4.69, 9.17) is 0 Å². The molecule has 0 atom stereocenters. The Bertz CT molecular complexity index is 801. The second kappa shape index (κ2) is 6.28. The number of rotatable bonds is 4. The van der Waals surface area contributed by atoms with Gasteiger partial charge in [0.05, 0.1) is 5.69 Å². The van der Waals surface area contributed by atoms with Crippen LogP contribution in [0.15, 0.2) is 53.5 Å². The molecule has 22 heavy (non-hydrogen) atoms. The van der Waals surface area contributed by atoms with Crippen molar-refractivity contribution in [1.29, 1.82) is 0 Å². The first kappa shape index (κ1) is 14.7. The SMILES string of the molecule is CC[n+]1c(C=Nc2ccc(N(C)C)cc2)sc2ccccc21. The molecule has 0 unspecified atom stereocenters. The molecule has 0 spiro atoms. The number of hydrogen-bond acceptors (Lipinski definition) is 3. The van der Waals surface area contributed by atoms with E-state index in [1.165, 1.54) is 20.9 Å². The van der Waals surface area contributed by atoms with Gasteiger partial charge in [0.15, 0.2) is 0 Å². The first-order valence-corrected chi connectivity index (χ1v) is 8.23. The topological polar surface area (TPSA) is 19.5 Å². The van der Waals surface area contributed by atoms with E-state index in [1.807, 2.05) is 20.3 Å². The molecule has 0 aliphatic heterocycles. The second-order valence-electron chi connectivity index (χ2n) is 5.32. The summed E-state index contributed by atoms with van der Waals surface area (Å²) in [6, 6.07) is 16.8. The number of benzene rings is 2. The predicted octanol–water partition coefficient (Wildman–Crippen LogP) is 4.03. The van der Waals surface area contributed by atoms with Crippen molar-refractivity contribution in [2.45, 2.75) is 13.5 Å². The van der Waals surface area contributed by atoms with Gasteiger partial charge in [0.25, 0.3) is 5.01 Å². The van der Waals surface area contributed by atoms with Gasteiger partial charge in [0.2, 0.25) is 5.52 Å². The molecule has 1 heterocycles. The molecule has 112 valence electrons. The highest BCUT2D eigenvalue weighted by molar-refractivity contribution is 7.19. The van der Waals surface area contributed by atoms with Gasteiger partial charge in [0, 0.05) is 25.8 Å². The Balaban J connectivity index is 1.92. The van der Waals surface area contributed by atoms with Crippen LogP contribution in [-0.4, -0.2) is 20.3 Å². The number of aliphatic imine (C=N–C) groups is 1. The summed E-state index contributed by atoms with van der Waals surface area (Å²) in [6.07, 6.45) is 1.97. The predicted molar refractivity (Wildman–Crippen MR) is 95.7 cm³/mol. The number of anilines is 1. The number of hydrogen-bond donors (Lipinski definition) is 0. The summed E-state index contributed by atoms with van der Waals surface area (Å²) >= 11 is 1.78. The first-order valence-electron chi connectivity index (χ1n) is 7.42. The van der Waals surface area contributed by atoms with Crippen molar-refractivity contribution < 1.29 is 4.57 Å². The van der Waals surface area contributed by atoms with Crippen molar-refractivity contribution in [1.82, 2.24) is 0 Å². The molecule has 3 aromatic rings. The maximum atomic E-state index is 4.63. The minimum absolute atomic E-state index is 0.949. The summed E-state index contributed by atoms with van der Waals surface area (Å²) in [6.45, 7) is 3.12. The van der Waals surface area contributed by atoms with Gasteiger partial charge in [-0.05, 0) is 37.3 Å². The standard InChI is InChI=1S/C18H20N3S/c1-4-21-16-7-5-6-8-17(16)22-18(21)13-19-14-9-11-15(12-10-14)20(2)3/h5-13H,4H2,1-3H3/q+1. The molecule has 4 heteroatoms. The van der Waals surface area contributed by atoms with Crippen LogP contribution in [0.4, 0.5) is 11.4 Å². The zero-order chi connectivity index (χ0) is 15.5. The van der Waals surface area contributed by atoms with Gasteiger partial charge in [-0.15, -0.1) is 0 Å². The van der Waals surface area contributed by atoms with Crippen LogP contribution in [0.2, 0.25) is 0 Å². The maximum absolute atomic E-state index is 4.63. The van der Waals surface area contributed by atoms with E-state index in [0.29, 0.717) is 0 Å². The van der Waals surface area contributed by atoms with E-state index < -0.39 is 0 Å². The van der Waals surface area contributed by atoms with Crippen molar-refractivity contribution in [2.24, 2.45) is 4.99 Å². The third kappa shape index (κ3) is 2.88. The van der Waals surface area contributed by atoms with Crippen LogP contribution >= 0.6 is 11.3 Å². The number of nitrogens with zero attached hydrogens (tertiary/aromatic N) is 3. The molecule has 0 aliphatic carbocycles. The van der Waals surface area contributed by atoms with E-state index in [-0.39, 0.29) is 0 Å². The number of para-hydroxylation sites is 1. The van der Waals surface area contributed by atoms with Crippen LogP contribution in [0.1, 0.15) is 11.9 Å². The summed E-state index contributed by atoms with van der Waals surface area (Å²) in [5.41, 5.74) is 3.44. The number of aromatic nitrogens is 1. The van der Waals surface area contributed by atoms with Crippen LogP contribution in [0.3, 0.4) is 0 Å². The zero-order valence-corrected chi connectivity index (χ0v) is 14.0. The Kier molecular flexibility index (Phi) is 4.20. The molecule has 0 N–H and O–H groups in total. The van der Waals surface area contributed by atoms with E-state index in [9.17, 15) is 0 Å². The fourth-order valence-corrected chi connectivity index (χ4v) is 3.54. The summed E-state index contributed by atoms with van der Waals surface area (Å²) in [7, 11) is 4.08. The molecule has 3 nitrogen and oxygen atoms in total. The lowest BCUT2D eigenvalue weighted by Crippen LogP contribution is -2.34. The molecule has 3 rings (SSSR count). The third-order valence-electron chi connectivity index (χ3n) is 3.64. The van der Waals surface area contributed by atoms with Crippen LogP contribution in [0, 0.1) is 0 Å². The largest absolute Gasteiger partial charge is 0.378 e. The minimum atomic E-state index is 0.949.